The normalized spacial score (nSPS) is 11.1. The Labute approximate surface area is 141 Å². The van der Waals surface area contributed by atoms with Crippen LogP contribution in [0.1, 0.15) is 16.8 Å². The van der Waals surface area contributed by atoms with Gasteiger partial charge in [-0.2, -0.15) is 5.10 Å². The summed E-state index contributed by atoms with van der Waals surface area (Å²) >= 11 is 0. The van der Waals surface area contributed by atoms with Gasteiger partial charge in [-0.15, -0.1) is 0 Å². The third-order valence-electron chi connectivity index (χ3n) is 4.34. The van der Waals surface area contributed by atoms with Crippen LogP contribution >= 0.6 is 0 Å². The average Bonchev–Trinajstić information content (AvgIpc) is 2.93. The molecule has 0 saturated carbocycles. The smallest absolute Gasteiger partial charge is 0.159 e. The van der Waals surface area contributed by atoms with E-state index in [1.165, 1.54) is 5.56 Å². The lowest BCUT2D eigenvalue weighted by Gasteiger charge is -2.07. The van der Waals surface area contributed by atoms with Gasteiger partial charge >= 0.3 is 0 Å². The fraction of sp³-hybridized carbons (Fsp3) is 0.143. The van der Waals surface area contributed by atoms with Gasteiger partial charge in [-0.3, -0.25) is 0 Å². The SMILES string of the molecule is Cc1ccc(-c2cc(C)nc3c(C)c(-c4ccccc4)nn23)cc1. The lowest BCUT2D eigenvalue weighted by Crippen LogP contribution is -1.98. The Balaban J connectivity index is 2.00. The molecule has 0 radical (unpaired) electrons. The van der Waals surface area contributed by atoms with Gasteiger partial charge in [-0.05, 0) is 26.8 Å². The number of benzene rings is 2. The molecule has 0 bridgehead atoms. The summed E-state index contributed by atoms with van der Waals surface area (Å²) in [5, 5.41) is 4.88. The molecule has 0 aliphatic heterocycles. The van der Waals surface area contributed by atoms with Crippen LogP contribution in [-0.2, 0) is 0 Å². The van der Waals surface area contributed by atoms with E-state index in [9.17, 15) is 0 Å². The van der Waals surface area contributed by atoms with Gasteiger partial charge in [0.05, 0.1) is 11.4 Å². The summed E-state index contributed by atoms with van der Waals surface area (Å²) in [6, 6.07) is 20.9. The van der Waals surface area contributed by atoms with Crippen molar-refractivity contribution >= 4 is 5.65 Å². The lowest BCUT2D eigenvalue weighted by molar-refractivity contribution is 0.941. The molecule has 4 aromatic rings. The van der Waals surface area contributed by atoms with Crippen LogP contribution in [0.2, 0.25) is 0 Å². The number of aryl methyl sites for hydroxylation is 3. The molecule has 0 unspecified atom stereocenters. The van der Waals surface area contributed by atoms with Gasteiger partial charge in [0.25, 0.3) is 0 Å². The van der Waals surface area contributed by atoms with E-state index in [0.29, 0.717) is 0 Å². The summed E-state index contributed by atoms with van der Waals surface area (Å²) in [7, 11) is 0. The van der Waals surface area contributed by atoms with Crippen molar-refractivity contribution in [2.45, 2.75) is 20.8 Å². The van der Waals surface area contributed by atoms with Gasteiger partial charge < -0.3 is 0 Å². The maximum absolute atomic E-state index is 4.88. The second-order valence-electron chi connectivity index (χ2n) is 6.22. The molecule has 0 saturated heterocycles. The van der Waals surface area contributed by atoms with Crippen LogP contribution < -0.4 is 0 Å². The lowest BCUT2D eigenvalue weighted by atomic mass is 10.1. The maximum Gasteiger partial charge on any atom is 0.159 e. The molecule has 0 N–H and O–H groups in total. The molecular formula is C21H19N3. The number of rotatable bonds is 2. The van der Waals surface area contributed by atoms with Crippen molar-refractivity contribution in [1.82, 2.24) is 14.6 Å². The molecular weight excluding hydrogens is 294 g/mol. The average molecular weight is 313 g/mol. The summed E-state index contributed by atoms with van der Waals surface area (Å²) in [6.45, 7) is 6.23. The Morgan fingerprint density at radius 3 is 2.21 bits per heavy atom. The highest BCUT2D eigenvalue weighted by Gasteiger charge is 2.15. The van der Waals surface area contributed by atoms with Crippen molar-refractivity contribution in [2.75, 3.05) is 0 Å². The molecule has 3 nitrogen and oxygen atoms in total. The summed E-state index contributed by atoms with van der Waals surface area (Å²) in [4.78, 5) is 4.73. The van der Waals surface area contributed by atoms with Crippen LogP contribution in [0.4, 0.5) is 0 Å². The topological polar surface area (TPSA) is 30.2 Å². The highest BCUT2D eigenvalue weighted by Crippen LogP contribution is 2.28. The predicted octanol–water partition coefficient (Wildman–Crippen LogP) is 4.99. The fourth-order valence-corrected chi connectivity index (χ4v) is 3.04. The van der Waals surface area contributed by atoms with Crippen molar-refractivity contribution in [2.24, 2.45) is 0 Å². The molecule has 2 aromatic heterocycles. The van der Waals surface area contributed by atoms with Crippen molar-refractivity contribution in [1.29, 1.82) is 0 Å². The number of fused-ring (bicyclic) bond motifs is 1. The highest BCUT2D eigenvalue weighted by atomic mass is 15.3. The molecule has 0 atom stereocenters. The predicted molar refractivity (Wildman–Crippen MR) is 98.1 cm³/mol. The van der Waals surface area contributed by atoms with Crippen LogP contribution in [0.15, 0.2) is 60.7 Å². The van der Waals surface area contributed by atoms with E-state index in [1.54, 1.807) is 0 Å². The van der Waals surface area contributed by atoms with Crippen molar-refractivity contribution in [3.05, 3.63) is 77.5 Å². The van der Waals surface area contributed by atoms with Gasteiger partial charge in [0.2, 0.25) is 0 Å². The Morgan fingerprint density at radius 1 is 0.792 bits per heavy atom. The molecule has 2 aromatic carbocycles. The largest absolute Gasteiger partial charge is 0.234 e. The van der Waals surface area contributed by atoms with Crippen LogP contribution in [0.3, 0.4) is 0 Å². The first kappa shape index (κ1) is 14.6. The third-order valence-corrected chi connectivity index (χ3v) is 4.34. The number of aromatic nitrogens is 3. The van der Waals surface area contributed by atoms with Crippen molar-refractivity contribution in [3.63, 3.8) is 0 Å². The van der Waals surface area contributed by atoms with Crippen LogP contribution in [0.25, 0.3) is 28.2 Å². The molecule has 0 amide bonds. The summed E-state index contributed by atoms with van der Waals surface area (Å²) in [5.74, 6) is 0. The van der Waals surface area contributed by atoms with Crippen LogP contribution in [0.5, 0.6) is 0 Å². The fourth-order valence-electron chi connectivity index (χ4n) is 3.04. The Bertz CT molecular complexity index is 1010. The van der Waals surface area contributed by atoms with E-state index in [0.717, 1.165) is 39.4 Å². The minimum absolute atomic E-state index is 0.921. The first-order chi connectivity index (χ1) is 11.6. The maximum atomic E-state index is 4.88. The molecule has 0 spiro atoms. The summed E-state index contributed by atoms with van der Waals surface area (Å²) < 4.78 is 1.97. The molecule has 0 aliphatic rings. The Hall–Kier alpha value is -2.94. The van der Waals surface area contributed by atoms with Gasteiger partial charge in [-0.1, -0.05) is 60.2 Å². The monoisotopic (exact) mass is 313 g/mol. The van der Waals surface area contributed by atoms with Gasteiger partial charge in [0, 0.05) is 22.4 Å². The first-order valence-electron chi connectivity index (χ1n) is 8.13. The van der Waals surface area contributed by atoms with Crippen LogP contribution in [-0.4, -0.2) is 14.6 Å². The van der Waals surface area contributed by atoms with E-state index in [4.69, 9.17) is 10.1 Å². The molecule has 118 valence electrons. The molecule has 0 fully saturated rings. The molecule has 3 heteroatoms. The van der Waals surface area contributed by atoms with Crippen molar-refractivity contribution < 1.29 is 0 Å². The zero-order valence-electron chi connectivity index (χ0n) is 14.1. The van der Waals surface area contributed by atoms with Gasteiger partial charge in [-0.25, -0.2) is 9.50 Å². The molecule has 0 aliphatic carbocycles. The zero-order chi connectivity index (χ0) is 16.7. The van der Waals surface area contributed by atoms with E-state index >= 15 is 0 Å². The number of hydrogen-bond acceptors (Lipinski definition) is 2. The number of nitrogens with zero attached hydrogens (tertiary/aromatic N) is 3. The number of hydrogen-bond donors (Lipinski definition) is 0. The van der Waals surface area contributed by atoms with Crippen molar-refractivity contribution in [3.8, 4) is 22.5 Å². The van der Waals surface area contributed by atoms with Crippen LogP contribution in [0, 0.1) is 20.8 Å². The van der Waals surface area contributed by atoms with E-state index in [1.807, 2.05) is 29.6 Å². The van der Waals surface area contributed by atoms with E-state index in [2.05, 4.69) is 56.3 Å². The summed E-state index contributed by atoms with van der Waals surface area (Å²) in [5.41, 5.74) is 8.61. The highest BCUT2D eigenvalue weighted by molar-refractivity contribution is 5.73. The second kappa shape index (κ2) is 5.60. The van der Waals surface area contributed by atoms with Gasteiger partial charge in [0.1, 0.15) is 0 Å². The Morgan fingerprint density at radius 2 is 1.50 bits per heavy atom. The first-order valence-corrected chi connectivity index (χ1v) is 8.13. The molecule has 4 rings (SSSR count). The zero-order valence-corrected chi connectivity index (χ0v) is 14.1. The molecule has 2 heterocycles. The van der Waals surface area contributed by atoms with E-state index in [-0.39, 0.29) is 0 Å². The standard InChI is InChI=1S/C21H19N3/c1-14-9-11-17(12-10-14)19-13-15(2)22-21-16(3)20(23-24(19)21)18-7-5-4-6-8-18/h4-13H,1-3H3. The molecule has 24 heavy (non-hydrogen) atoms. The summed E-state index contributed by atoms with van der Waals surface area (Å²) in [6.07, 6.45) is 0. The Kier molecular flexibility index (Phi) is 3.42. The third kappa shape index (κ3) is 2.38. The quantitative estimate of drug-likeness (QED) is 0.522. The minimum atomic E-state index is 0.921. The van der Waals surface area contributed by atoms with E-state index < -0.39 is 0 Å². The minimum Gasteiger partial charge on any atom is -0.234 e. The van der Waals surface area contributed by atoms with Gasteiger partial charge in [0.15, 0.2) is 5.65 Å². The second-order valence-corrected chi connectivity index (χ2v) is 6.22.